The van der Waals surface area contributed by atoms with Gasteiger partial charge < -0.3 is 19.5 Å². The van der Waals surface area contributed by atoms with Crippen molar-refractivity contribution in [1.29, 1.82) is 0 Å². The van der Waals surface area contributed by atoms with Crippen LogP contribution in [0, 0.1) is 0 Å². The molecule has 0 bridgehead atoms. The van der Waals surface area contributed by atoms with E-state index in [1.54, 1.807) is 33.6 Å². The van der Waals surface area contributed by atoms with Crippen molar-refractivity contribution in [3.8, 4) is 11.5 Å². The molecule has 19 heavy (non-hydrogen) atoms. The second-order valence-electron chi connectivity index (χ2n) is 4.22. The molecule has 0 atom stereocenters. The van der Waals surface area contributed by atoms with Crippen LogP contribution in [0.5, 0.6) is 11.5 Å². The molecule has 0 radical (unpaired) electrons. The van der Waals surface area contributed by atoms with Crippen molar-refractivity contribution >= 4 is 0 Å². The molecule has 5 heteroatoms. The second-order valence-corrected chi connectivity index (χ2v) is 4.22. The average molecular weight is 268 g/mol. The van der Waals surface area contributed by atoms with E-state index in [2.05, 4.69) is 10.3 Å². The van der Waals surface area contributed by atoms with Crippen LogP contribution in [0.1, 0.15) is 25.0 Å². The minimum absolute atomic E-state index is 0.685. The fourth-order valence-electron chi connectivity index (χ4n) is 1.86. The zero-order valence-corrected chi connectivity index (χ0v) is 12.1. The zero-order valence-electron chi connectivity index (χ0n) is 12.1. The number of hydrogen-bond acceptors (Lipinski definition) is 5. The number of methoxy groups -OCH3 is 3. The Morgan fingerprint density at radius 2 is 1.95 bits per heavy atom. The molecule has 0 saturated carbocycles. The summed E-state index contributed by atoms with van der Waals surface area (Å²) in [6, 6.07) is 1.80. The van der Waals surface area contributed by atoms with Gasteiger partial charge in [-0.2, -0.15) is 0 Å². The number of ether oxygens (including phenoxy) is 3. The summed E-state index contributed by atoms with van der Waals surface area (Å²) in [6.45, 7) is 2.49. The minimum atomic E-state index is 0.685. The summed E-state index contributed by atoms with van der Waals surface area (Å²) >= 11 is 0. The Labute approximate surface area is 115 Å². The fraction of sp³-hybridized carbons (Fsp3) is 0.643. The van der Waals surface area contributed by atoms with Gasteiger partial charge in [-0.3, -0.25) is 4.98 Å². The van der Waals surface area contributed by atoms with Crippen molar-refractivity contribution in [2.45, 2.75) is 25.8 Å². The van der Waals surface area contributed by atoms with Gasteiger partial charge in [0.05, 0.1) is 19.9 Å². The first kappa shape index (κ1) is 15.7. The van der Waals surface area contributed by atoms with Gasteiger partial charge in [0.25, 0.3) is 0 Å². The maximum absolute atomic E-state index is 5.33. The lowest BCUT2D eigenvalue weighted by Crippen LogP contribution is -2.16. The smallest absolute Gasteiger partial charge is 0.183 e. The number of nitrogens with zero attached hydrogens (tertiary/aromatic N) is 1. The summed E-state index contributed by atoms with van der Waals surface area (Å²) in [5.74, 6) is 1.42. The monoisotopic (exact) mass is 268 g/mol. The van der Waals surface area contributed by atoms with Gasteiger partial charge in [0.1, 0.15) is 0 Å². The molecule has 0 aliphatic carbocycles. The van der Waals surface area contributed by atoms with E-state index in [-0.39, 0.29) is 0 Å². The molecule has 0 aliphatic rings. The third-order valence-electron chi connectivity index (χ3n) is 2.86. The van der Waals surface area contributed by atoms with Crippen LogP contribution >= 0.6 is 0 Å². The van der Waals surface area contributed by atoms with Crippen LogP contribution in [0.25, 0.3) is 0 Å². The predicted octanol–water partition coefficient (Wildman–Crippen LogP) is 2.01. The maximum atomic E-state index is 5.33. The van der Waals surface area contributed by atoms with E-state index in [1.807, 2.05) is 0 Å². The van der Waals surface area contributed by atoms with E-state index < -0.39 is 0 Å². The molecule has 0 aliphatic heterocycles. The van der Waals surface area contributed by atoms with E-state index in [4.69, 9.17) is 14.2 Å². The first-order chi connectivity index (χ1) is 9.33. The molecule has 1 N–H and O–H groups in total. The Balaban J connectivity index is 2.33. The highest BCUT2D eigenvalue weighted by Gasteiger charge is 2.09. The molecule has 0 unspecified atom stereocenters. The maximum Gasteiger partial charge on any atom is 0.183 e. The molecule has 0 fully saturated rings. The number of rotatable bonds is 10. The van der Waals surface area contributed by atoms with Crippen LogP contribution in [-0.4, -0.2) is 39.5 Å². The molecule has 5 nitrogen and oxygen atoms in total. The molecule has 0 aromatic carbocycles. The van der Waals surface area contributed by atoms with Crippen LogP contribution in [0.15, 0.2) is 12.3 Å². The summed E-state index contributed by atoms with van der Waals surface area (Å²) in [4.78, 5) is 4.32. The van der Waals surface area contributed by atoms with E-state index in [0.717, 1.165) is 37.4 Å². The van der Waals surface area contributed by atoms with Crippen molar-refractivity contribution in [2.75, 3.05) is 34.5 Å². The highest BCUT2D eigenvalue weighted by atomic mass is 16.5. The number of nitrogens with one attached hydrogen (secondary N) is 1. The van der Waals surface area contributed by atoms with Crippen LogP contribution in [0.3, 0.4) is 0 Å². The molecular formula is C14H24N2O3. The fourth-order valence-corrected chi connectivity index (χ4v) is 1.86. The lowest BCUT2D eigenvalue weighted by Gasteiger charge is -2.12. The SMILES string of the molecule is COCCCCCNCc1nccc(OC)c1OC. The van der Waals surface area contributed by atoms with E-state index in [1.165, 1.54) is 6.42 Å². The third-order valence-corrected chi connectivity index (χ3v) is 2.86. The molecule has 1 heterocycles. The van der Waals surface area contributed by atoms with Gasteiger partial charge in [0.15, 0.2) is 11.5 Å². The normalized spacial score (nSPS) is 10.5. The minimum Gasteiger partial charge on any atom is -0.493 e. The summed E-state index contributed by atoms with van der Waals surface area (Å²) in [6.07, 6.45) is 5.15. The first-order valence-corrected chi connectivity index (χ1v) is 6.59. The van der Waals surface area contributed by atoms with Crippen molar-refractivity contribution in [3.63, 3.8) is 0 Å². The highest BCUT2D eigenvalue weighted by molar-refractivity contribution is 5.42. The molecule has 1 aromatic rings. The highest BCUT2D eigenvalue weighted by Crippen LogP contribution is 2.28. The Morgan fingerprint density at radius 3 is 2.63 bits per heavy atom. The Hall–Kier alpha value is -1.33. The van der Waals surface area contributed by atoms with Crippen molar-refractivity contribution in [3.05, 3.63) is 18.0 Å². The van der Waals surface area contributed by atoms with E-state index in [9.17, 15) is 0 Å². The van der Waals surface area contributed by atoms with Gasteiger partial charge in [-0.1, -0.05) is 0 Å². The lowest BCUT2D eigenvalue weighted by molar-refractivity contribution is 0.192. The van der Waals surface area contributed by atoms with Crippen LogP contribution in [-0.2, 0) is 11.3 Å². The summed E-state index contributed by atoms with van der Waals surface area (Å²) in [7, 11) is 5.00. The lowest BCUT2D eigenvalue weighted by atomic mass is 10.2. The summed E-state index contributed by atoms with van der Waals surface area (Å²) in [5, 5.41) is 3.37. The van der Waals surface area contributed by atoms with Gasteiger partial charge in [-0.05, 0) is 25.8 Å². The topological polar surface area (TPSA) is 52.6 Å². The van der Waals surface area contributed by atoms with Gasteiger partial charge in [0, 0.05) is 32.5 Å². The molecule has 108 valence electrons. The summed E-state index contributed by atoms with van der Waals surface area (Å²) in [5.41, 5.74) is 0.874. The van der Waals surface area contributed by atoms with Crippen molar-refractivity contribution in [2.24, 2.45) is 0 Å². The van der Waals surface area contributed by atoms with Crippen LogP contribution < -0.4 is 14.8 Å². The number of aromatic nitrogens is 1. The average Bonchev–Trinajstić information content (AvgIpc) is 2.45. The largest absolute Gasteiger partial charge is 0.493 e. The molecule has 1 aromatic heterocycles. The van der Waals surface area contributed by atoms with E-state index >= 15 is 0 Å². The Bertz CT molecular complexity index is 359. The van der Waals surface area contributed by atoms with E-state index in [0.29, 0.717) is 12.3 Å². The van der Waals surface area contributed by atoms with Crippen LogP contribution in [0.2, 0.25) is 0 Å². The van der Waals surface area contributed by atoms with Gasteiger partial charge >= 0.3 is 0 Å². The zero-order chi connectivity index (χ0) is 13.9. The third kappa shape index (κ3) is 5.44. The van der Waals surface area contributed by atoms with Gasteiger partial charge in [0.2, 0.25) is 0 Å². The standard InChI is InChI=1S/C14H24N2O3/c1-17-10-6-4-5-8-15-11-12-14(19-3)13(18-2)7-9-16-12/h7,9,15H,4-6,8,10-11H2,1-3H3. The van der Waals surface area contributed by atoms with Crippen molar-refractivity contribution in [1.82, 2.24) is 10.3 Å². The Kier molecular flexibility index (Phi) is 7.93. The second kappa shape index (κ2) is 9.58. The van der Waals surface area contributed by atoms with Gasteiger partial charge in [-0.15, -0.1) is 0 Å². The Morgan fingerprint density at radius 1 is 1.11 bits per heavy atom. The molecule has 0 amide bonds. The van der Waals surface area contributed by atoms with Crippen molar-refractivity contribution < 1.29 is 14.2 Å². The summed E-state index contributed by atoms with van der Waals surface area (Å²) < 4.78 is 15.6. The molecule has 0 saturated heterocycles. The number of pyridine rings is 1. The molecule has 0 spiro atoms. The number of hydrogen-bond donors (Lipinski definition) is 1. The predicted molar refractivity (Wildman–Crippen MR) is 74.8 cm³/mol. The van der Waals surface area contributed by atoms with Crippen LogP contribution in [0.4, 0.5) is 0 Å². The van der Waals surface area contributed by atoms with Gasteiger partial charge in [-0.25, -0.2) is 0 Å². The number of unbranched alkanes of at least 4 members (excludes halogenated alkanes) is 2. The molecular weight excluding hydrogens is 244 g/mol. The molecule has 1 rings (SSSR count). The quantitative estimate of drug-likeness (QED) is 0.658. The first-order valence-electron chi connectivity index (χ1n) is 6.59.